The third kappa shape index (κ3) is 6.61. The number of carbonyl (C=O) groups is 2. The lowest BCUT2D eigenvalue weighted by molar-refractivity contribution is -0.178. The minimum absolute atomic E-state index is 0.123. The maximum atomic E-state index is 13.5. The van der Waals surface area contributed by atoms with Gasteiger partial charge in [0, 0.05) is 5.02 Å². The molecule has 0 aliphatic carbocycles. The van der Waals surface area contributed by atoms with Crippen molar-refractivity contribution in [1.82, 2.24) is 0 Å². The van der Waals surface area contributed by atoms with Crippen LogP contribution in [-0.2, 0) is 16.0 Å². The van der Waals surface area contributed by atoms with E-state index in [-0.39, 0.29) is 22.7 Å². The summed E-state index contributed by atoms with van der Waals surface area (Å²) in [7, 11) is 0. The molecule has 9 heteroatoms. The molecule has 0 fully saturated rings. The Morgan fingerprint density at radius 1 is 1.10 bits per heavy atom. The average molecular weight is 476 g/mol. The van der Waals surface area contributed by atoms with Crippen molar-refractivity contribution in [3.63, 3.8) is 0 Å². The van der Waals surface area contributed by atoms with Gasteiger partial charge in [-0.1, -0.05) is 55.2 Å². The summed E-state index contributed by atoms with van der Waals surface area (Å²) in [6.07, 6.45) is -4.00. The lowest BCUT2D eigenvalue weighted by Gasteiger charge is -2.26. The molecule has 2 N–H and O–H groups in total. The molecule has 2 aromatic carbocycles. The van der Waals surface area contributed by atoms with Crippen LogP contribution in [0.4, 0.5) is 18.9 Å². The number of aliphatic carboxylic acids is 1. The Morgan fingerprint density at radius 2 is 1.71 bits per heavy atom. The van der Waals surface area contributed by atoms with E-state index < -0.39 is 35.8 Å². The number of amides is 1. The van der Waals surface area contributed by atoms with Crippen molar-refractivity contribution in [3.8, 4) is 0 Å². The second kappa shape index (κ2) is 10.4. The highest BCUT2D eigenvalue weighted by Gasteiger charge is 2.45. The number of halogens is 5. The highest BCUT2D eigenvalue weighted by Crippen LogP contribution is 2.39. The van der Waals surface area contributed by atoms with Crippen molar-refractivity contribution < 1.29 is 27.9 Å². The topological polar surface area (TPSA) is 66.4 Å². The van der Waals surface area contributed by atoms with Crippen molar-refractivity contribution >= 4 is 40.8 Å². The van der Waals surface area contributed by atoms with E-state index in [2.05, 4.69) is 5.32 Å². The Bertz CT molecular complexity index is 933. The van der Waals surface area contributed by atoms with E-state index in [0.29, 0.717) is 17.0 Å². The monoisotopic (exact) mass is 475 g/mol. The van der Waals surface area contributed by atoms with Crippen molar-refractivity contribution in [2.24, 2.45) is 11.8 Å². The quantitative estimate of drug-likeness (QED) is 0.453. The van der Waals surface area contributed by atoms with Crippen LogP contribution in [0.1, 0.15) is 37.3 Å². The standard InChI is InChI=1S/C22H22Cl2F3NO3/c1-3-14(21(30)31)10-13-4-9-17(24)18(11-13)28-20(29)19(12(2)22(25,26)27)15-5-7-16(23)8-6-15/h4-9,11-12,14,19H,3,10H2,1-2H3,(H,28,29)(H,30,31)/t12?,14-,19-/m0/s1. The van der Waals surface area contributed by atoms with E-state index >= 15 is 0 Å². The number of alkyl halides is 3. The molecule has 0 aromatic heterocycles. The number of anilines is 1. The molecule has 0 saturated heterocycles. The minimum Gasteiger partial charge on any atom is -0.481 e. The highest BCUT2D eigenvalue weighted by molar-refractivity contribution is 6.33. The number of hydrogen-bond donors (Lipinski definition) is 2. The molecular formula is C22H22Cl2F3NO3. The first-order chi connectivity index (χ1) is 14.4. The van der Waals surface area contributed by atoms with Crippen molar-refractivity contribution in [2.75, 3.05) is 5.32 Å². The fraction of sp³-hybridized carbons (Fsp3) is 0.364. The van der Waals surface area contributed by atoms with Crippen LogP contribution in [0.5, 0.6) is 0 Å². The van der Waals surface area contributed by atoms with Gasteiger partial charge in [-0.15, -0.1) is 0 Å². The minimum atomic E-state index is -4.61. The molecule has 0 heterocycles. The van der Waals surface area contributed by atoms with Crippen molar-refractivity contribution in [3.05, 3.63) is 63.6 Å². The zero-order chi connectivity index (χ0) is 23.3. The number of hydrogen-bond acceptors (Lipinski definition) is 2. The van der Waals surface area contributed by atoms with Crippen molar-refractivity contribution in [1.29, 1.82) is 0 Å². The summed E-state index contributed by atoms with van der Waals surface area (Å²) in [5.41, 5.74) is 0.884. The lowest BCUT2D eigenvalue weighted by Crippen LogP contribution is -2.34. The molecule has 0 bridgehead atoms. The van der Waals surface area contributed by atoms with Crippen LogP contribution in [0.15, 0.2) is 42.5 Å². The normalized spacial score (nSPS) is 14.5. The average Bonchev–Trinajstić information content (AvgIpc) is 2.69. The van der Waals surface area contributed by atoms with Crippen LogP contribution in [0.2, 0.25) is 10.0 Å². The highest BCUT2D eigenvalue weighted by atomic mass is 35.5. The van der Waals surface area contributed by atoms with Crippen LogP contribution in [-0.4, -0.2) is 23.2 Å². The van der Waals surface area contributed by atoms with E-state index in [1.54, 1.807) is 13.0 Å². The number of carbonyl (C=O) groups excluding carboxylic acids is 1. The van der Waals surface area contributed by atoms with Crippen LogP contribution in [0.3, 0.4) is 0 Å². The van der Waals surface area contributed by atoms with Gasteiger partial charge in [-0.3, -0.25) is 9.59 Å². The lowest BCUT2D eigenvalue weighted by atomic mass is 9.85. The van der Waals surface area contributed by atoms with E-state index in [4.69, 9.17) is 23.2 Å². The van der Waals surface area contributed by atoms with Crippen molar-refractivity contribution in [2.45, 2.75) is 38.8 Å². The summed E-state index contributed by atoms with van der Waals surface area (Å²) in [5.74, 6) is -5.95. The first-order valence-corrected chi connectivity index (χ1v) is 10.3. The molecule has 168 valence electrons. The Balaban J connectivity index is 2.35. The smallest absolute Gasteiger partial charge is 0.392 e. The predicted octanol–water partition coefficient (Wildman–Crippen LogP) is 6.57. The van der Waals surface area contributed by atoms with Gasteiger partial charge >= 0.3 is 12.1 Å². The number of rotatable bonds is 8. The van der Waals surface area contributed by atoms with Crippen LogP contribution in [0, 0.1) is 11.8 Å². The van der Waals surface area contributed by atoms with Gasteiger partial charge in [0.05, 0.1) is 28.5 Å². The first kappa shape index (κ1) is 25.0. The Kier molecular flexibility index (Phi) is 8.37. The Hall–Kier alpha value is -2.25. The molecule has 3 atom stereocenters. The third-order valence-corrected chi connectivity index (χ3v) is 5.72. The predicted molar refractivity (Wildman–Crippen MR) is 115 cm³/mol. The fourth-order valence-electron chi connectivity index (χ4n) is 3.22. The molecule has 31 heavy (non-hydrogen) atoms. The molecule has 2 aromatic rings. The summed E-state index contributed by atoms with van der Waals surface area (Å²) in [6, 6.07) is 10.2. The zero-order valence-electron chi connectivity index (χ0n) is 16.8. The van der Waals surface area contributed by atoms with Gasteiger partial charge in [0.15, 0.2) is 0 Å². The molecule has 1 unspecified atom stereocenters. The third-order valence-electron chi connectivity index (χ3n) is 5.14. The van der Waals surface area contributed by atoms with E-state index in [1.165, 1.54) is 36.4 Å². The van der Waals surface area contributed by atoms with Gasteiger partial charge in [-0.2, -0.15) is 13.2 Å². The number of carboxylic acids is 1. The van der Waals surface area contributed by atoms with E-state index in [0.717, 1.165) is 6.92 Å². The number of nitrogens with one attached hydrogen (secondary N) is 1. The summed E-state index contributed by atoms with van der Waals surface area (Å²) < 4.78 is 40.4. The molecule has 0 aliphatic heterocycles. The van der Waals surface area contributed by atoms with Gasteiger partial charge in [-0.05, 0) is 48.2 Å². The van der Waals surface area contributed by atoms with Crippen LogP contribution >= 0.6 is 23.2 Å². The van der Waals surface area contributed by atoms with Gasteiger partial charge in [0.2, 0.25) is 5.91 Å². The molecule has 2 rings (SSSR count). The van der Waals surface area contributed by atoms with Gasteiger partial charge < -0.3 is 10.4 Å². The number of carboxylic acid groups (broad SMARTS) is 1. The molecule has 0 aliphatic rings. The zero-order valence-corrected chi connectivity index (χ0v) is 18.4. The van der Waals surface area contributed by atoms with Crippen LogP contribution < -0.4 is 5.32 Å². The SMILES string of the molecule is CC[C@@H](Cc1ccc(Cl)c(NC(=O)[C@H](c2ccc(Cl)cc2)C(C)C(F)(F)F)c1)C(=O)O. The van der Waals surface area contributed by atoms with E-state index in [1.807, 2.05) is 0 Å². The van der Waals surface area contributed by atoms with Gasteiger partial charge in [0.25, 0.3) is 0 Å². The largest absolute Gasteiger partial charge is 0.481 e. The molecule has 4 nitrogen and oxygen atoms in total. The first-order valence-electron chi connectivity index (χ1n) is 9.58. The molecule has 1 amide bonds. The molecule has 0 saturated carbocycles. The van der Waals surface area contributed by atoms with Crippen LogP contribution in [0.25, 0.3) is 0 Å². The maximum Gasteiger partial charge on any atom is 0.392 e. The second-order valence-electron chi connectivity index (χ2n) is 7.31. The molecular weight excluding hydrogens is 454 g/mol. The Labute approximate surface area is 188 Å². The van der Waals surface area contributed by atoms with Gasteiger partial charge in [-0.25, -0.2) is 0 Å². The summed E-state index contributed by atoms with van der Waals surface area (Å²) in [6.45, 7) is 2.68. The maximum absolute atomic E-state index is 13.5. The summed E-state index contributed by atoms with van der Waals surface area (Å²) in [5, 5.41) is 12.2. The van der Waals surface area contributed by atoms with E-state index in [9.17, 15) is 27.9 Å². The fourth-order valence-corrected chi connectivity index (χ4v) is 3.51. The summed E-state index contributed by atoms with van der Waals surface area (Å²) in [4.78, 5) is 24.2. The van der Waals surface area contributed by atoms with Gasteiger partial charge in [0.1, 0.15) is 0 Å². The number of benzene rings is 2. The second-order valence-corrected chi connectivity index (χ2v) is 8.15. The molecule has 0 spiro atoms. The Morgan fingerprint density at radius 3 is 2.23 bits per heavy atom. The summed E-state index contributed by atoms with van der Waals surface area (Å²) >= 11 is 12.0. The molecule has 0 radical (unpaired) electrons.